The van der Waals surface area contributed by atoms with E-state index >= 15 is 0 Å². The highest BCUT2D eigenvalue weighted by atomic mass is 16.5. The fraction of sp³-hybridized carbons (Fsp3) is 0.0968. The fourth-order valence-electron chi connectivity index (χ4n) is 4.85. The first-order valence-corrected chi connectivity index (χ1v) is 12.9. The summed E-state index contributed by atoms with van der Waals surface area (Å²) < 4.78 is 13.4. The van der Waals surface area contributed by atoms with Gasteiger partial charge in [-0.1, -0.05) is 48.5 Å². The van der Waals surface area contributed by atoms with Crippen LogP contribution in [0.4, 0.5) is 4.79 Å². The Morgan fingerprint density at radius 3 is 2.40 bits per heavy atom. The first-order chi connectivity index (χ1) is 20.3. The van der Waals surface area contributed by atoms with Crippen LogP contribution in [-0.2, 0) is 16.1 Å². The molecule has 0 aliphatic carbocycles. The minimum Gasteiger partial charge on any atom is -0.507 e. The Morgan fingerprint density at radius 2 is 1.64 bits per heavy atom. The van der Waals surface area contributed by atoms with Crippen molar-refractivity contribution >= 4 is 45.8 Å². The quantitative estimate of drug-likeness (QED) is 0.173. The zero-order valence-electron chi connectivity index (χ0n) is 21.9. The Balaban J connectivity index is 1.23. The van der Waals surface area contributed by atoms with Crippen molar-refractivity contribution in [1.82, 2.24) is 15.2 Å². The number of aliphatic hydroxyl groups is 1. The number of hydrogen-bond donors (Lipinski definition) is 4. The Labute approximate surface area is 237 Å². The molecule has 1 aliphatic rings. The van der Waals surface area contributed by atoms with E-state index in [1.165, 1.54) is 24.3 Å². The van der Waals surface area contributed by atoms with Gasteiger partial charge in [-0.25, -0.2) is 4.79 Å². The van der Waals surface area contributed by atoms with Crippen LogP contribution in [0.5, 0.6) is 11.5 Å². The molecule has 3 aromatic carbocycles. The third-order valence-corrected chi connectivity index (χ3v) is 6.75. The monoisotopic (exact) mass is 565 g/mol. The SMILES string of the molecule is O=C1NC(=O)C(=Cc2cn(CC(O)COc3cc(O)c4c(=O)cc(-c5ccccc5)oc4c3)c3ccccc23)C(=O)N1. The lowest BCUT2D eigenvalue weighted by molar-refractivity contribution is -0.123. The Kier molecular flexibility index (Phi) is 6.77. The number of barbiturate groups is 1. The highest BCUT2D eigenvalue weighted by molar-refractivity contribution is 6.31. The lowest BCUT2D eigenvalue weighted by Gasteiger charge is -2.15. The van der Waals surface area contributed by atoms with Gasteiger partial charge in [-0.15, -0.1) is 0 Å². The number of imide groups is 2. The average Bonchev–Trinajstić information content (AvgIpc) is 3.30. The van der Waals surface area contributed by atoms with E-state index in [1.807, 2.05) is 41.0 Å². The molecule has 0 spiro atoms. The van der Waals surface area contributed by atoms with Crippen LogP contribution >= 0.6 is 0 Å². The van der Waals surface area contributed by atoms with Crippen molar-refractivity contribution in [3.63, 3.8) is 0 Å². The summed E-state index contributed by atoms with van der Waals surface area (Å²) in [7, 11) is 0. The van der Waals surface area contributed by atoms with Crippen molar-refractivity contribution in [3.8, 4) is 22.8 Å². The van der Waals surface area contributed by atoms with Gasteiger partial charge >= 0.3 is 6.03 Å². The number of aliphatic hydroxyl groups excluding tert-OH is 1. The summed E-state index contributed by atoms with van der Waals surface area (Å²) >= 11 is 0. The molecule has 4 N–H and O–H groups in total. The Bertz CT molecular complexity index is 1950. The van der Waals surface area contributed by atoms with Crippen LogP contribution in [0.3, 0.4) is 0 Å². The van der Waals surface area contributed by atoms with Crippen LogP contribution in [-0.4, -0.2) is 45.3 Å². The number of para-hydroxylation sites is 1. The molecule has 0 radical (unpaired) electrons. The number of carbonyl (C=O) groups excluding carboxylic acids is 3. The summed E-state index contributed by atoms with van der Waals surface area (Å²) in [5.74, 6) is -1.39. The number of amides is 4. The predicted molar refractivity (Wildman–Crippen MR) is 153 cm³/mol. The normalized spacial score (nSPS) is 14.1. The number of ether oxygens (including phenoxy) is 1. The average molecular weight is 566 g/mol. The number of carbonyl (C=O) groups is 3. The molecule has 42 heavy (non-hydrogen) atoms. The van der Waals surface area contributed by atoms with Crippen LogP contribution in [0.2, 0.25) is 0 Å². The van der Waals surface area contributed by atoms with Crippen molar-refractivity contribution in [1.29, 1.82) is 0 Å². The molecule has 2 aromatic heterocycles. The number of nitrogens with zero attached hydrogens (tertiary/aromatic N) is 1. The molecular weight excluding hydrogens is 542 g/mol. The third kappa shape index (κ3) is 5.11. The fourth-order valence-corrected chi connectivity index (χ4v) is 4.85. The molecule has 6 rings (SSSR count). The standard InChI is InChI=1S/C31H23N3O8/c35-19(15-34-14-18(21-8-4-5-9-23(21)34)10-22-29(38)32-31(40)33-30(22)39)16-41-20-11-24(36)28-25(37)13-26(42-27(28)12-20)17-6-2-1-3-7-17/h1-14,19,35-36H,15-16H2,(H2,32,33,38,39,40). The van der Waals surface area contributed by atoms with Crippen LogP contribution in [0, 0.1) is 0 Å². The molecule has 0 bridgehead atoms. The van der Waals surface area contributed by atoms with Crippen LogP contribution in [0.25, 0.3) is 39.3 Å². The van der Waals surface area contributed by atoms with Gasteiger partial charge in [0.2, 0.25) is 0 Å². The second-order valence-electron chi connectivity index (χ2n) is 9.67. The van der Waals surface area contributed by atoms with Gasteiger partial charge in [0.1, 0.15) is 46.5 Å². The Hall–Kier alpha value is -5.68. The van der Waals surface area contributed by atoms with Crippen molar-refractivity contribution in [2.24, 2.45) is 0 Å². The summed E-state index contributed by atoms with van der Waals surface area (Å²) in [6.07, 6.45) is 2.05. The van der Waals surface area contributed by atoms with Crippen LogP contribution in [0.1, 0.15) is 5.56 Å². The molecular formula is C31H23N3O8. The van der Waals surface area contributed by atoms with Crippen LogP contribution in [0.15, 0.2) is 93.8 Å². The van der Waals surface area contributed by atoms with E-state index in [9.17, 15) is 29.4 Å². The number of nitrogens with one attached hydrogen (secondary N) is 2. The predicted octanol–water partition coefficient (Wildman–Crippen LogP) is 3.31. The number of hydrogen-bond acceptors (Lipinski definition) is 8. The molecule has 1 unspecified atom stereocenters. The zero-order valence-corrected chi connectivity index (χ0v) is 21.9. The molecule has 5 aromatic rings. The van der Waals surface area contributed by atoms with E-state index in [1.54, 1.807) is 35.0 Å². The minimum absolute atomic E-state index is 0.0211. The van der Waals surface area contributed by atoms with Gasteiger partial charge in [0.25, 0.3) is 11.8 Å². The van der Waals surface area contributed by atoms with E-state index in [0.29, 0.717) is 16.9 Å². The molecule has 4 amide bonds. The number of phenols is 1. The third-order valence-electron chi connectivity index (χ3n) is 6.75. The van der Waals surface area contributed by atoms with Gasteiger partial charge in [0.05, 0.1) is 6.54 Å². The lowest BCUT2D eigenvalue weighted by atomic mass is 10.1. The number of benzene rings is 3. The summed E-state index contributed by atoms with van der Waals surface area (Å²) in [5, 5.41) is 26.2. The van der Waals surface area contributed by atoms with Gasteiger partial charge in [-0.05, 0) is 12.1 Å². The zero-order chi connectivity index (χ0) is 29.4. The maximum atomic E-state index is 12.7. The van der Waals surface area contributed by atoms with Crippen molar-refractivity contribution in [3.05, 3.63) is 100 Å². The molecule has 11 heteroatoms. The first-order valence-electron chi connectivity index (χ1n) is 12.9. The van der Waals surface area contributed by atoms with Gasteiger partial charge in [-0.2, -0.15) is 0 Å². The van der Waals surface area contributed by atoms with E-state index < -0.39 is 29.4 Å². The van der Waals surface area contributed by atoms with Gasteiger partial charge in [-0.3, -0.25) is 25.0 Å². The number of aromatic nitrogens is 1. The molecule has 1 saturated heterocycles. The van der Waals surface area contributed by atoms with E-state index in [-0.39, 0.29) is 41.2 Å². The molecule has 3 heterocycles. The van der Waals surface area contributed by atoms with E-state index in [0.717, 1.165) is 10.9 Å². The largest absolute Gasteiger partial charge is 0.507 e. The highest BCUT2D eigenvalue weighted by Gasteiger charge is 2.28. The number of aromatic hydroxyl groups is 1. The number of urea groups is 1. The second-order valence-corrected chi connectivity index (χ2v) is 9.67. The molecule has 1 fully saturated rings. The molecule has 1 aliphatic heterocycles. The maximum Gasteiger partial charge on any atom is 0.328 e. The van der Waals surface area contributed by atoms with E-state index in [2.05, 4.69) is 0 Å². The summed E-state index contributed by atoms with van der Waals surface area (Å²) in [6.45, 7) is -0.0726. The molecule has 0 saturated carbocycles. The highest BCUT2D eigenvalue weighted by Crippen LogP contribution is 2.31. The number of fused-ring (bicyclic) bond motifs is 2. The van der Waals surface area contributed by atoms with E-state index in [4.69, 9.17) is 9.15 Å². The van der Waals surface area contributed by atoms with Crippen molar-refractivity contribution in [2.75, 3.05) is 6.61 Å². The minimum atomic E-state index is -1.01. The maximum absolute atomic E-state index is 12.7. The number of rotatable bonds is 7. The smallest absolute Gasteiger partial charge is 0.328 e. The first kappa shape index (κ1) is 26.5. The second kappa shape index (κ2) is 10.7. The van der Waals surface area contributed by atoms with Gasteiger partial charge in [0.15, 0.2) is 5.43 Å². The molecule has 210 valence electrons. The lowest BCUT2D eigenvalue weighted by Crippen LogP contribution is -2.51. The van der Waals surface area contributed by atoms with Gasteiger partial charge < -0.3 is 23.9 Å². The Morgan fingerprint density at radius 1 is 0.929 bits per heavy atom. The van der Waals surface area contributed by atoms with Gasteiger partial charge in [0, 0.05) is 46.4 Å². The topological polar surface area (TPSA) is 160 Å². The summed E-state index contributed by atoms with van der Waals surface area (Å²) in [5.41, 5.74) is 1.48. The number of phenolic OH excluding ortho intramolecular Hbond substituents is 1. The molecule has 11 nitrogen and oxygen atoms in total. The van der Waals surface area contributed by atoms with Crippen molar-refractivity contribution in [2.45, 2.75) is 12.6 Å². The summed E-state index contributed by atoms with van der Waals surface area (Å²) in [6, 6.07) is 19.5. The molecule has 1 atom stereocenters. The van der Waals surface area contributed by atoms with Crippen LogP contribution < -0.4 is 20.8 Å². The summed E-state index contributed by atoms with van der Waals surface area (Å²) in [4.78, 5) is 48.5. The van der Waals surface area contributed by atoms with Crippen molar-refractivity contribution < 1.29 is 33.8 Å².